The lowest BCUT2D eigenvalue weighted by atomic mass is 10.1. The molecule has 0 amide bonds. The summed E-state index contributed by atoms with van der Waals surface area (Å²) in [5.74, 6) is 1.87. The lowest BCUT2D eigenvalue weighted by Gasteiger charge is -2.47. The van der Waals surface area contributed by atoms with Crippen molar-refractivity contribution in [1.82, 2.24) is 20.4 Å². The van der Waals surface area contributed by atoms with E-state index in [-0.39, 0.29) is 24.0 Å². The van der Waals surface area contributed by atoms with Gasteiger partial charge in [0.1, 0.15) is 5.76 Å². The fourth-order valence-electron chi connectivity index (χ4n) is 3.82. The summed E-state index contributed by atoms with van der Waals surface area (Å²) >= 11 is 0. The standard InChI is InChI=1S/C21H29N5O.HI/c1-2-5-18(6-3-1)15-23-21(22-9-8-20-7-4-14-27-20)24-16-19-17-25-10-12-26(19)13-11-25;/h1-7,14,19H,8-13,15-17H2,(H2,22,23,24);1H. The Morgan fingerprint density at radius 2 is 1.86 bits per heavy atom. The van der Waals surface area contributed by atoms with Crippen LogP contribution in [0.5, 0.6) is 0 Å². The van der Waals surface area contributed by atoms with Crippen LogP contribution < -0.4 is 10.6 Å². The number of fused-ring (bicyclic) bond motifs is 3. The summed E-state index contributed by atoms with van der Waals surface area (Å²) < 4.78 is 5.42. The highest BCUT2D eigenvalue weighted by Gasteiger charge is 2.31. The average Bonchev–Trinajstić information content (AvgIpc) is 3.25. The van der Waals surface area contributed by atoms with Gasteiger partial charge in [0.2, 0.25) is 0 Å². The van der Waals surface area contributed by atoms with E-state index in [0.717, 1.165) is 37.8 Å². The highest BCUT2D eigenvalue weighted by atomic mass is 127. The maximum atomic E-state index is 5.42. The predicted molar refractivity (Wildman–Crippen MR) is 123 cm³/mol. The number of hydrogen-bond acceptors (Lipinski definition) is 4. The number of guanidine groups is 1. The first-order valence-corrected chi connectivity index (χ1v) is 9.92. The number of piperazine rings is 3. The van der Waals surface area contributed by atoms with Gasteiger partial charge in [-0.15, -0.1) is 24.0 Å². The van der Waals surface area contributed by atoms with Crippen LogP contribution >= 0.6 is 24.0 Å². The van der Waals surface area contributed by atoms with Gasteiger partial charge in [-0.1, -0.05) is 30.3 Å². The van der Waals surface area contributed by atoms with Gasteiger partial charge in [0, 0.05) is 58.3 Å². The largest absolute Gasteiger partial charge is 0.469 e. The summed E-state index contributed by atoms with van der Waals surface area (Å²) in [6, 6.07) is 14.9. The van der Waals surface area contributed by atoms with E-state index in [4.69, 9.17) is 9.41 Å². The van der Waals surface area contributed by atoms with Crippen LogP contribution in [0.3, 0.4) is 0 Å². The molecule has 3 aliphatic rings. The maximum Gasteiger partial charge on any atom is 0.191 e. The van der Waals surface area contributed by atoms with E-state index in [1.54, 1.807) is 6.26 Å². The van der Waals surface area contributed by atoms with E-state index in [0.29, 0.717) is 12.6 Å². The minimum atomic E-state index is 0. The van der Waals surface area contributed by atoms with Gasteiger partial charge in [0.25, 0.3) is 0 Å². The topological polar surface area (TPSA) is 56.0 Å². The lowest BCUT2D eigenvalue weighted by Crippen LogP contribution is -2.63. The zero-order chi connectivity index (χ0) is 18.3. The predicted octanol–water partition coefficient (Wildman–Crippen LogP) is 2.18. The van der Waals surface area contributed by atoms with Crippen LogP contribution in [0.25, 0.3) is 0 Å². The van der Waals surface area contributed by atoms with E-state index >= 15 is 0 Å². The number of hydrogen-bond donors (Lipinski definition) is 2. The Bertz CT molecular complexity index is 714. The molecule has 2 aromatic rings. The number of benzene rings is 1. The molecule has 152 valence electrons. The summed E-state index contributed by atoms with van der Waals surface area (Å²) in [5, 5.41) is 7.02. The molecule has 0 radical (unpaired) electrons. The first-order chi connectivity index (χ1) is 13.4. The van der Waals surface area contributed by atoms with Crippen molar-refractivity contribution in [2.45, 2.75) is 19.0 Å². The smallest absolute Gasteiger partial charge is 0.191 e. The second-order valence-electron chi connectivity index (χ2n) is 7.28. The van der Waals surface area contributed by atoms with Gasteiger partial charge in [-0.25, -0.2) is 4.99 Å². The average molecular weight is 495 g/mol. The minimum absolute atomic E-state index is 0. The summed E-state index contributed by atoms with van der Waals surface area (Å²) in [7, 11) is 0. The molecule has 3 fully saturated rings. The van der Waals surface area contributed by atoms with Crippen molar-refractivity contribution < 1.29 is 4.42 Å². The number of furan rings is 1. The number of aliphatic imine (C=N–C) groups is 1. The molecule has 5 rings (SSSR count). The number of nitrogens with one attached hydrogen (secondary N) is 2. The molecular formula is C21H30IN5O. The molecule has 0 saturated carbocycles. The zero-order valence-corrected chi connectivity index (χ0v) is 18.5. The van der Waals surface area contributed by atoms with E-state index in [1.165, 1.54) is 31.7 Å². The summed E-state index contributed by atoms with van der Waals surface area (Å²) in [6.07, 6.45) is 2.57. The Hall–Kier alpha value is -1.58. The van der Waals surface area contributed by atoms with Crippen molar-refractivity contribution in [3.05, 3.63) is 60.1 Å². The molecule has 0 aliphatic carbocycles. The van der Waals surface area contributed by atoms with Crippen LogP contribution in [0.2, 0.25) is 0 Å². The van der Waals surface area contributed by atoms with Gasteiger partial charge in [-0.2, -0.15) is 0 Å². The van der Waals surface area contributed by atoms with Crippen molar-refractivity contribution in [2.24, 2.45) is 4.99 Å². The Labute approximate surface area is 184 Å². The van der Waals surface area contributed by atoms with Crippen molar-refractivity contribution in [1.29, 1.82) is 0 Å². The van der Waals surface area contributed by atoms with Crippen molar-refractivity contribution >= 4 is 29.9 Å². The van der Waals surface area contributed by atoms with E-state index < -0.39 is 0 Å². The zero-order valence-electron chi connectivity index (χ0n) is 16.2. The molecule has 1 unspecified atom stereocenters. The summed E-state index contributed by atoms with van der Waals surface area (Å²) in [6.45, 7) is 8.37. The quantitative estimate of drug-likeness (QED) is 0.351. The molecule has 1 atom stereocenters. The van der Waals surface area contributed by atoms with Crippen LogP contribution in [0, 0.1) is 0 Å². The molecule has 3 saturated heterocycles. The van der Waals surface area contributed by atoms with Crippen molar-refractivity contribution in [3.63, 3.8) is 0 Å². The third kappa shape index (κ3) is 5.96. The third-order valence-corrected chi connectivity index (χ3v) is 5.40. The maximum absolute atomic E-state index is 5.42. The fourth-order valence-corrected chi connectivity index (χ4v) is 3.82. The van der Waals surface area contributed by atoms with Crippen LogP contribution in [0.4, 0.5) is 0 Å². The van der Waals surface area contributed by atoms with Crippen molar-refractivity contribution in [3.8, 4) is 0 Å². The molecule has 4 heterocycles. The van der Waals surface area contributed by atoms with Gasteiger partial charge >= 0.3 is 0 Å². The number of nitrogens with zero attached hydrogens (tertiary/aromatic N) is 3. The second-order valence-corrected chi connectivity index (χ2v) is 7.28. The van der Waals surface area contributed by atoms with Gasteiger partial charge in [0.15, 0.2) is 5.96 Å². The number of halogens is 1. The van der Waals surface area contributed by atoms with Gasteiger partial charge in [-0.3, -0.25) is 9.80 Å². The Morgan fingerprint density at radius 3 is 2.54 bits per heavy atom. The monoisotopic (exact) mass is 495 g/mol. The second kappa shape index (κ2) is 10.8. The van der Waals surface area contributed by atoms with Crippen molar-refractivity contribution in [2.75, 3.05) is 45.8 Å². The molecular weight excluding hydrogens is 465 g/mol. The normalized spacial score (nSPS) is 23.9. The SMILES string of the molecule is I.c1ccc(CN=C(NCCc2ccco2)NCC2CN3CCN2CC3)cc1. The molecule has 2 N–H and O–H groups in total. The van der Waals surface area contributed by atoms with Crippen LogP contribution in [0.1, 0.15) is 11.3 Å². The van der Waals surface area contributed by atoms with Crippen LogP contribution in [-0.4, -0.2) is 67.6 Å². The summed E-state index contributed by atoms with van der Waals surface area (Å²) in [5.41, 5.74) is 1.22. The first-order valence-electron chi connectivity index (χ1n) is 9.92. The number of rotatable bonds is 7. The summed E-state index contributed by atoms with van der Waals surface area (Å²) in [4.78, 5) is 9.96. The molecule has 0 spiro atoms. The molecule has 3 aliphatic heterocycles. The van der Waals surface area contributed by atoms with Gasteiger partial charge in [-0.05, 0) is 17.7 Å². The molecule has 1 aromatic heterocycles. The minimum Gasteiger partial charge on any atom is -0.469 e. The third-order valence-electron chi connectivity index (χ3n) is 5.40. The Morgan fingerprint density at radius 1 is 1.04 bits per heavy atom. The van der Waals surface area contributed by atoms with Crippen LogP contribution in [-0.2, 0) is 13.0 Å². The highest BCUT2D eigenvalue weighted by molar-refractivity contribution is 14.0. The van der Waals surface area contributed by atoms with E-state index in [1.807, 2.05) is 18.2 Å². The van der Waals surface area contributed by atoms with E-state index in [9.17, 15) is 0 Å². The Balaban J connectivity index is 0.00000225. The Kier molecular flexibility index (Phi) is 8.17. The van der Waals surface area contributed by atoms with Gasteiger partial charge in [0.05, 0.1) is 12.8 Å². The molecule has 2 bridgehead atoms. The molecule has 7 heteroatoms. The molecule has 6 nitrogen and oxygen atoms in total. The fraction of sp³-hybridized carbons (Fsp3) is 0.476. The molecule has 1 aromatic carbocycles. The van der Waals surface area contributed by atoms with Gasteiger partial charge < -0.3 is 15.1 Å². The van der Waals surface area contributed by atoms with E-state index in [2.05, 4.69) is 44.7 Å². The van der Waals surface area contributed by atoms with Crippen LogP contribution in [0.15, 0.2) is 58.1 Å². The first kappa shape index (κ1) is 21.1. The molecule has 28 heavy (non-hydrogen) atoms. The highest BCUT2D eigenvalue weighted by Crippen LogP contribution is 2.14. The lowest BCUT2D eigenvalue weighted by molar-refractivity contribution is 0.0154.